The van der Waals surface area contributed by atoms with Crippen LogP contribution in [0.3, 0.4) is 0 Å². The van der Waals surface area contributed by atoms with E-state index in [0.29, 0.717) is 13.1 Å². The van der Waals surface area contributed by atoms with Crippen molar-refractivity contribution in [2.75, 3.05) is 20.2 Å². The van der Waals surface area contributed by atoms with Crippen molar-refractivity contribution in [1.82, 2.24) is 10.6 Å². The molecule has 4 heteroatoms. The molecular formula is C15H24N2O2. The van der Waals surface area contributed by atoms with Crippen molar-refractivity contribution < 1.29 is 9.53 Å². The van der Waals surface area contributed by atoms with Gasteiger partial charge in [-0.2, -0.15) is 0 Å². The van der Waals surface area contributed by atoms with E-state index < -0.39 is 0 Å². The number of nitrogens with one attached hydrogen (secondary N) is 2. The van der Waals surface area contributed by atoms with Crippen LogP contribution in [0.4, 0.5) is 4.79 Å². The fourth-order valence-corrected chi connectivity index (χ4v) is 1.89. The molecule has 0 bridgehead atoms. The van der Waals surface area contributed by atoms with Crippen LogP contribution in [0.25, 0.3) is 0 Å². The molecule has 2 amide bonds. The summed E-state index contributed by atoms with van der Waals surface area (Å²) in [5.74, 6) is 0.930. The van der Waals surface area contributed by atoms with Crippen molar-refractivity contribution in [3.63, 3.8) is 0 Å². The number of methoxy groups -OCH3 is 1. The topological polar surface area (TPSA) is 50.4 Å². The van der Waals surface area contributed by atoms with Crippen molar-refractivity contribution in [3.8, 4) is 5.75 Å². The zero-order chi connectivity index (χ0) is 14.1. The number of aryl methyl sites for hydroxylation is 1. The molecular weight excluding hydrogens is 240 g/mol. The zero-order valence-electron chi connectivity index (χ0n) is 12.1. The third-order valence-electron chi connectivity index (χ3n) is 2.96. The minimum absolute atomic E-state index is 0.0916. The fraction of sp³-hybridized carbons (Fsp3) is 0.533. The Hall–Kier alpha value is -1.71. The van der Waals surface area contributed by atoms with Crippen LogP contribution in [0.1, 0.15) is 31.4 Å². The summed E-state index contributed by atoms with van der Waals surface area (Å²) in [6.45, 7) is 5.50. The lowest BCUT2D eigenvalue weighted by Gasteiger charge is -2.10. The van der Waals surface area contributed by atoms with Crippen LogP contribution < -0.4 is 15.4 Å². The van der Waals surface area contributed by atoms with Crippen LogP contribution in [0.15, 0.2) is 18.2 Å². The van der Waals surface area contributed by atoms with Gasteiger partial charge in [-0.3, -0.25) is 0 Å². The maximum absolute atomic E-state index is 11.4. The lowest BCUT2D eigenvalue weighted by Crippen LogP contribution is -2.36. The van der Waals surface area contributed by atoms with E-state index >= 15 is 0 Å². The van der Waals surface area contributed by atoms with Gasteiger partial charge >= 0.3 is 6.03 Å². The van der Waals surface area contributed by atoms with Crippen LogP contribution >= 0.6 is 0 Å². The van der Waals surface area contributed by atoms with E-state index in [2.05, 4.69) is 23.6 Å². The van der Waals surface area contributed by atoms with Crippen molar-refractivity contribution in [1.29, 1.82) is 0 Å². The Morgan fingerprint density at radius 3 is 2.58 bits per heavy atom. The molecule has 1 rings (SSSR count). The van der Waals surface area contributed by atoms with Gasteiger partial charge in [0.05, 0.1) is 7.11 Å². The highest BCUT2D eigenvalue weighted by atomic mass is 16.5. The molecule has 0 aliphatic heterocycles. The minimum atomic E-state index is -0.0916. The van der Waals surface area contributed by atoms with Gasteiger partial charge in [0.1, 0.15) is 5.75 Å². The molecule has 0 aliphatic rings. The van der Waals surface area contributed by atoms with Crippen LogP contribution in [-0.4, -0.2) is 26.2 Å². The first-order valence-corrected chi connectivity index (χ1v) is 6.88. The highest BCUT2D eigenvalue weighted by molar-refractivity contribution is 5.73. The molecule has 0 unspecified atom stereocenters. The molecule has 0 spiro atoms. The molecule has 2 N–H and O–H groups in total. The molecule has 19 heavy (non-hydrogen) atoms. The highest BCUT2D eigenvalue weighted by Gasteiger charge is 2.03. The van der Waals surface area contributed by atoms with Crippen molar-refractivity contribution in [2.24, 2.45) is 0 Å². The summed E-state index contributed by atoms with van der Waals surface area (Å²) in [4.78, 5) is 11.4. The molecule has 0 radical (unpaired) electrons. The molecule has 0 atom stereocenters. The Morgan fingerprint density at radius 1 is 1.21 bits per heavy atom. The number of benzene rings is 1. The molecule has 0 aromatic heterocycles. The number of urea groups is 1. The Bertz CT molecular complexity index is 405. The van der Waals surface area contributed by atoms with Gasteiger partial charge < -0.3 is 15.4 Å². The summed E-state index contributed by atoms with van der Waals surface area (Å²) < 4.78 is 5.30. The standard InChI is InChI=1S/C15H24N2O2/c1-4-9-16-15(18)17-10-8-12-6-7-14(19-3)13(5-2)11-12/h6-7,11H,4-5,8-10H2,1-3H3,(H2,16,17,18). The van der Waals surface area contributed by atoms with E-state index in [4.69, 9.17) is 4.74 Å². The summed E-state index contributed by atoms with van der Waals surface area (Å²) in [7, 11) is 1.69. The second-order valence-electron chi connectivity index (χ2n) is 4.43. The predicted molar refractivity (Wildman–Crippen MR) is 77.8 cm³/mol. The van der Waals surface area contributed by atoms with E-state index in [9.17, 15) is 4.79 Å². The molecule has 0 aliphatic carbocycles. The van der Waals surface area contributed by atoms with Gasteiger partial charge in [0.25, 0.3) is 0 Å². The lowest BCUT2D eigenvalue weighted by molar-refractivity contribution is 0.241. The van der Waals surface area contributed by atoms with Gasteiger partial charge in [-0.25, -0.2) is 4.79 Å². The molecule has 1 aromatic carbocycles. The number of hydrogen-bond acceptors (Lipinski definition) is 2. The Balaban J connectivity index is 2.43. The largest absolute Gasteiger partial charge is 0.496 e. The maximum Gasteiger partial charge on any atom is 0.314 e. The van der Waals surface area contributed by atoms with E-state index in [-0.39, 0.29) is 6.03 Å². The third-order valence-corrected chi connectivity index (χ3v) is 2.96. The highest BCUT2D eigenvalue weighted by Crippen LogP contribution is 2.20. The first-order valence-electron chi connectivity index (χ1n) is 6.88. The van der Waals surface area contributed by atoms with Gasteiger partial charge in [-0.15, -0.1) is 0 Å². The van der Waals surface area contributed by atoms with Gasteiger partial charge in [-0.1, -0.05) is 26.0 Å². The van der Waals surface area contributed by atoms with Gasteiger partial charge in [-0.05, 0) is 36.5 Å². The molecule has 1 aromatic rings. The van der Waals surface area contributed by atoms with Gasteiger partial charge in [0, 0.05) is 13.1 Å². The summed E-state index contributed by atoms with van der Waals surface area (Å²) >= 11 is 0. The summed E-state index contributed by atoms with van der Waals surface area (Å²) in [6, 6.07) is 6.09. The predicted octanol–water partition coefficient (Wildman–Crippen LogP) is 2.51. The Morgan fingerprint density at radius 2 is 1.95 bits per heavy atom. The Kier molecular flexibility index (Phi) is 6.79. The van der Waals surface area contributed by atoms with Crippen LogP contribution in [0.5, 0.6) is 5.75 Å². The summed E-state index contributed by atoms with van der Waals surface area (Å²) in [6.07, 6.45) is 2.73. The number of rotatable bonds is 7. The van der Waals surface area contributed by atoms with Crippen molar-refractivity contribution in [3.05, 3.63) is 29.3 Å². The summed E-state index contributed by atoms with van der Waals surface area (Å²) in [5.41, 5.74) is 2.42. The lowest BCUT2D eigenvalue weighted by atomic mass is 10.1. The average molecular weight is 264 g/mol. The van der Waals surface area contributed by atoms with E-state index in [1.807, 2.05) is 19.1 Å². The molecule has 106 valence electrons. The zero-order valence-corrected chi connectivity index (χ0v) is 12.1. The van der Waals surface area contributed by atoms with E-state index in [1.54, 1.807) is 7.11 Å². The molecule has 0 saturated carbocycles. The number of ether oxygens (including phenoxy) is 1. The minimum Gasteiger partial charge on any atom is -0.496 e. The molecule has 0 heterocycles. The summed E-state index contributed by atoms with van der Waals surface area (Å²) in [5, 5.41) is 5.64. The fourth-order valence-electron chi connectivity index (χ4n) is 1.89. The van der Waals surface area contributed by atoms with Crippen molar-refractivity contribution in [2.45, 2.75) is 33.1 Å². The molecule has 4 nitrogen and oxygen atoms in total. The number of hydrogen-bond donors (Lipinski definition) is 2. The first kappa shape index (κ1) is 15.3. The second kappa shape index (κ2) is 8.40. The van der Waals surface area contributed by atoms with Gasteiger partial charge in [0.15, 0.2) is 0 Å². The van der Waals surface area contributed by atoms with E-state index in [0.717, 1.165) is 25.0 Å². The van der Waals surface area contributed by atoms with E-state index in [1.165, 1.54) is 11.1 Å². The second-order valence-corrected chi connectivity index (χ2v) is 4.43. The Labute approximate surface area is 115 Å². The average Bonchev–Trinajstić information content (AvgIpc) is 2.44. The SMILES string of the molecule is CCCNC(=O)NCCc1ccc(OC)c(CC)c1. The smallest absolute Gasteiger partial charge is 0.314 e. The quantitative estimate of drug-likeness (QED) is 0.795. The number of carbonyl (C=O) groups is 1. The molecule has 0 fully saturated rings. The molecule has 0 saturated heterocycles. The number of amides is 2. The first-order chi connectivity index (χ1) is 9.21. The number of carbonyl (C=O) groups excluding carboxylic acids is 1. The monoisotopic (exact) mass is 264 g/mol. The maximum atomic E-state index is 11.4. The third kappa shape index (κ3) is 5.20. The van der Waals surface area contributed by atoms with Crippen LogP contribution in [0.2, 0.25) is 0 Å². The normalized spacial score (nSPS) is 10.1. The van der Waals surface area contributed by atoms with Crippen LogP contribution in [0, 0.1) is 0 Å². The van der Waals surface area contributed by atoms with Gasteiger partial charge in [0.2, 0.25) is 0 Å². The van der Waals surface area contributed by atoms with Crippen molar-refractivity contribution >= 4 is 6.03 Å². The van der Waals surface area contributed by atoms with Crippen LogP contribution in [-0.2, 0) is 12.8 Å².